The molecule has 9 heteroatoms. The van der Waals surface area contributed by atoms with Gasteiger partial charge in [-0.3, -0.25) is 19.5 Å². The second kappa shape index (κ2) is 8.64. The van der Waals surface area contributed by atoms with Crippen molar-refractivity contribution in [2.24, 2.45) is 5.92 Å². The van der Waals surface area contributed by atoms with Gasteiger partial charge in [0, 0.05) is 45.0 Å². The molecule has 2 fully saturated rings. The number of aromatic nitrogens is 3. The van der Waals surface area contributed by atoms with Crippen LogP contribution >= 0.6 is 11.3 Å². The van der Waals surface area contributed by atoms with Crippen molar-refractivity contribution in [1.29, 1.82) is 0 Å². The van der Waals surface area contributed by atoms with E-state index in [1.807, 2.05) is 12.1 Å². The van der Waals surface area contributed by atoms with Crippen LogP contribution in [0.5, 0.6) is 0 Å². The van der Waals surface area contributed by atoms with Crippen LogP contribution in [0.25, 0.3) is 0 Å². The summed E-state index contributed by atoms with van der Waals surface area (Å²) in [5.41, 5.74) is 0.989. The average molecular weight is 401 g/mol. The molecule has 4 rings (SSSR count). The van der Waals surface area contributed by atoms with Gasteiger partial charge in [-0.15, -0.1) is 10.2 Å². The Morgan fingerprint density at radius 1 is 1.21 bits per heavy atom. The highest BCUT2D eigenvalue weighted by Crippen LogP contribution is 2.32. The topological polar surface area (TPSA) is 91.3 Å². The number of piperidine rings is 2. The van der Waals surface area contributed by atoms with Crippen molar-refractivity contribution in [3.8, 4) is 0 Å². The van der Waals surface area contributed by atoms with E-state index in [-0.39, 0.29) is 17.7 Å². The molecule has 0 saturated carbocycles. The first kappa shape index (κ1) is 18.8. The van der Waals surface area contributed by atoms with Gasteiger partial charge in [-0.05, 0) is 37.3 Å². The molecule has 28 heavy (non-hydrogen) atoms. The number of hydrogen-bond acceptors (Lipinski definition) is 7. The monoisotopic (exact) mass is 400 g/mol. The highest BCUT2D eigenvalue weighted by molar-refractivity contribution is 7.19. The second-order valence-corrected chi connectivity index (χ2v) is 8.17. The fourth-order valence-electron chi connectivity index (χ4n) is 3.65. The summed E-state index contributed by atoms with van der Waals surface area (Å²) >= 11 is 1.44. The molecular formula is C19H24N6O2S. The Balaban J connectivity index is 1.36. The van der Waals surface area contributed by atoms with Gasteiger partial charge in [-0.2, -0.15) is 0 Å². The fourth-order valence-corrected chi connectivity index (χ4v) is 4.58. The van der Waals surface area contributed by atoms with E-state index in [4.69, 9.17) is 0 Å². The molecule has 1 unspecified atom stereocenters. The molecule has 2 amide bonds. The van der Waals surface area contributed by atoms with Crippen LogP contribution in [0, 0.1) is 5.92 Å². The zero-order valence-corrected chi connectivity index (χ0v) is 16.5. The number of anilines is 2. The standard InChI is InChI=1S/C19H24N6O2S/c26-16-7-1-2-10-25(16)19-23-22-18(28-19)24-9-4-6-15(13-24)17(27)21-12-14-5-3-8-20-11-14/h3,5,8,11,15H,1-2,4,6-7,9-10,12-13H2,(H,21,27). The van der Waals surface area contributed by atoms with E-state index in [1.165, 1.54) is 11.3 Å². The normalized spacial score (nSPS) is 20.3. The highest BCUT2D eigenvalue weighted by atomic mass is 32.1. The fraction of sp³-hybridized carbons (Fsp3) is 0.526. The number of amides is 2. The Labute approximate surface area is 168 Å². The van der Waals surface area contributed by atoms with E-state index in [0.717, 1.165) is 42.9 Å². The van der Waals surface area contributed by atoms with Crippen LogP contribution in [0.3, 0.4) is 0 Å². The average Bonchev–Trinajstić information content (AvgIpc) is 3.23. The molecular weight excluding hydrogens is 376 g/mol. The molecule has 2 saturated heterocycles. The first-order chi connectivity index (χ1) is 13.7. The first-order valence-electron chi connectivity index (χ1n) is 9.76. The lowest BCUT2D eigenvalue weighted by molar-refractivity contribution is -0.125. The summed E-state index contributed by atoms with van der Waals surface area (Å²) in [5.74, 6) is 0.110. The summed E-state index contributed by atoms with van der Waals surface area (Å²) in [6.07, 6.45) is 7.81. The zero-order chi connectivity index (χ0) is 19.3. The number of nitrogens with one attached hydrogen (secondary N) is 1. The van der Waals surface area contributed by atoms with Gasteiger partial charge in [0.1, 0.15) is 0 Å². The van der Waals surface area contributed by atoms with Crippen LogP contribution in [-0.2, 0) is 16.1 Å². The van der Waals surface area contributed by atoms with Gasteiger partial charge in [0.25, 0.3) is 0 Å². The van der Waals surface area contributed by atoms with Crippen LogP contribution in [0.2, 0.25) is 0 Å². The van der Waals surface area contributed by atoms with Crippen LogP contribution in [-0.4, -0.2) is 46.6 Å². The minimum atomic E-state index is -0.0746. The Bertz CT molecular complexity index is 827. The molecule has 2 aromatic rings. The van der Waals surface area contributed by atoms with Crippen molar-refractivity contribution >= 4 is 33.4 Å². The maximum Gasteiger partial charge on any atom is 0.228 e. The van der Waals surface area contributed by atoms with E-state index in [0.29, 0.717) is 31.2 Å². The Morgan fingerprint density at radius 2 is 2.11 bits per heavy atom. The van der Waals surface area contributed by atoms with Crippen LogP contribution < -0.4 is 15.1 Å². The molecule has 0 aliphatic carbocycles. The molecule has 1 N–H and O–H groups in total. The molecule has 0 bridgehead atoms. The van der Waals surface area contributed by atoms with Gasteiger partial charge in [-0.1, -0.05) is 17.4 Å². The van der Waals surface area contributed by atoms with Crippen molar-refractivity contribution in [2.75, 3.05) is 29.4 Å². The van der Waals surface area contributed by atoms with Gasteiger partial charge in [0.2, 0.25) is 22.1 Å². The molecule has 0 aromatic carbocycles. The van der Waals surface area contributed by atoms with E-state index in [1.54, 1.807) is 17.3 Å². The molecule has 8 nitrogen and oxygen atoms in total. The molecule has 0 radical (unpaired) electrons. The van der Waals surface area contributed by atoms with Crippen molar-refractivity contribution in [1.82, 2.24) is 20.5 Å². The van der Waals surface area contributed by atoms with Crippen molar-refractivity contribution in [3.63, 3.8) is 0 Å². The second-order valence-electron chi connectivity index (χ2n) is 7.23. The molecule has 2 aliphatic rings. The van der Waals surface area contributed by atoms with Gasteiger partial charge >= 0.3 is 0 Å². The Hall–Kier alpha value is -2.55. The Morgan fingerprint density at radius 3 is 2.93 bits per heavy atom. The third-order valence-corrected chi connectivity index (χ3v) is 6.22. The summed E-state index contributed by atoms with van der Waals surface area (Å²) in [4.78, 5) is 32.6. The minimum absolute atomic E-state index is 0.0597. The predicted molar refractivity (Wildman–Crippen MR) is 107 cm³/mol. The zero-order valence-electron chi connectivity index (χ0n) is 15.7. The number of rotatable bonds is 5. The summed E-state index contributed by atoms with van der Waals surface area (Å²) in [7, 11) is 0. The molecule has 0 spiro atoms. The SMILES string of the molecule is O=C(NCc1cccnc1)C1CCCN(c2nnc(N3CCCCC3=O)s2)C1. The molecule has 2 aliphatic heterocycles. The third kappa shape index (κ3) is 4.30. The molecule has 1 atom stereocenters. The summed E-state index contributed by atoms with van der Waals surface area (Å²) < 4.78 is 0. The van der Waals surface area contributed by atoms with E-state index >= 15 is 0 Å². The van der Waals surface area contributed by atoms with E-state index in [9.17, 15) is 9.59 Å². The van der Waals surface area contributed by atoms with Gasteiger partial charge < -0.3 is 10.2 Å². The van der Waals surface area contributed by atoms with Crippen LogP contribution in [0.15, 0.2) is 24.5 Å². The lowest BCUT2D eigenvalue weighted by Crippen LogP contribution is -2.43. The number of hydrogen-bond donors (Lipinski definition) is 1. The highest BCUT2D eigenvalue weighted by Gasteiger charge is 2.29. The lowest BCUT2D eigenvalue weighted by Gasteiger charge is -2.31. The van der Waals surface area contributed by atoms with Crippen LogP contribution in [0.1, 0.15) is 37.7 Å². The number of pyridine rings is 1. The maximum absolute atomic E-state index is 12.6. The Kier molecular flexibility index (Phi) is 5.80. The van der Waals surface area contributed by atoms with Gasteiger partial charge in [0.15, 0.2) is 0 Å². The number of carbonyl (C=O) groups excluding carboxylic acids is 2. The molecule has 4 heterocycles. The van der Waals surface area contributed by atoms with Crippen molar-refractivity contribution in [3.05, 3.63) is 30.1 Å². The van der Waals surface area contributed by atoms with Crippen molar-refractivity contribution < 1.29 is 9.59 Å². The lowest BCUT2D eigenvalue weighted by atomic mass is 9.97. The smallest absolute Gasteiger partial charge is 0.228 e. The third-order valence-electron chi connectivity index (χ3n) is 5.21. The van der Waals surface area contributed by atoms with E-state index in [2.05, 4.69) is 25.4 Å². The molecule has 148 valence electrons. The van der Waals surface area contributed by atoms with Gasteiger partial charge in [-0.25, -0.2) is 0 Å². The maximum atomic E-state index is 12.6. The van der Waals surface area contributed by atoms with Crippen molar-refractivity contribution in [2.45, 2.75) is 38.6 Å². The van der Waals surface area contributed by atoms with E-state index < -0.39 is 0 Å². The quantitative estimate of drug-likeness (QED) is 0.825. The first-order valence-corrected chi connectivity index (χ1v) is 10.6. The van der Waals surface area contributed by atoms with Crippen LogP contribution in [0.4, 0.5) is 10.3 Å². The summed E-state index contributed by atoms with van der Waals surface area (Å²) in [6.45, 7) is 2.69. The number of nitrogens with zero attached hydrogens (tertiary/aromatic N) is 5. The van der Waals surface area contributed by atoms with Gasteiger partial charge in [0.05, 0.1) is 5.92 Å². The largest absolute Gasteiger partial charge is 0.352 e. The number of carbonyl (C=O) groups is 2. The molecule has 2 aromatic heterocycles. The minimum Gasteiger partial charge on any atom is -0.352 e. The summed E-state index contributed by atoms with van der Waals surface area (Å²) in [5, 5.41) is 13.0. The predicted octanol–water partition coefficient (Wildman–Crippen LogP) is 1.98. The summed E-state index contributed by atoms with van der Waals surface area (Å²) in [6, 6.07) is 3.81.